The minimum absolute atomic E-state index is 0.0396. The van der Waals surface area contributed by atoms with E-state index < -0.39 is 0 Å². The lowest BCUT2D eigenvalue weighted by atomic mass is 10.2. The number of hydrogen-bond acceptors (Lipinski definition) is 5. The predicted octanol–water partition coefficient (Wildman–Crippen LogP) is 3.00. The monoisotopic (exact) mass is 341 g/mol. The van der Waals surface area contributed by atoms with Crippen molar-refractivity contribution in [2.24, 2.45) is 0 Å². The van der Waals surface area contributed by atoms with Gasteiger partial charge in [-0.2, -0.15) is 0 Å². The first-order valence-corrected chi connectivity index (χ1v) is 8.50. The normalized spacial score (nSPS) is 16.4. The van der Waals surface area contributed by atoms with Gasteiger partial charge < -0.3 is 20.1 Å². The van der Waals surface area contributed by atoms with E-state index in [9.17, 15) is 4.79 Å². The molecule has 6 nitrogen and oxygen atoms in total. The molecule has 132 valence electrons. The van der Waals surface area contributed by atoms with E-state index in [-0.39, 0.29) is 18.6 Å². The second-order valence-corrected chi connectivity index (χ2v) is 6.10. The van der Waals surface area contributed by atoms with Gasteiger partial charge in [-0.15, -0.1) is 0 Å². The summed E-state index contributed by atoms with van der Waals surface area (Å²) in [6, 6.07) is 11.2. The molecule has 1 aromatic heterocycles. The third-order valence-electron chi connectivity index (χ3n) is 3.97. The molecule has 2 aromatic rings. The molecule has 0 radical (unpaired) electrons. The van der Waals surface area contributed by atoms with Crippen molar-refractivity contribution in [3.8, 4) is 5.75 Å². The van der Waals surface area contributed by atoms with E-state index >= 15 is 0 Å². The van der Waals surface area contributed by atoms with Crippen LogP contribution in [0, 0.1) is 6.92 Å². The van der Waals surface area contributed by atoms with Gasteiger partial charge in [0.2, 0.25) is 0 Å². The van der Waals surface area contributed by atoms with Gasteiger partial charge in [0.1, 0.15) is 11.6 Å². The van der Waals surface area contributed by atoms with Crippen LogP contribution in [0.15, 0.2) is 42.6 Å². The Balaban J connectivity index is 1.42. The Bertz CT molecular complexity index is 680. The number of aromatic nitrogens is 1. The van der Waals surface area contributed by atoms with E-state index in [0.29, 0.717) is 11.4 Å². The fourth-order valence-corrected chi connectivity index (χ4v) is 2.58. The molecule has 2 heterocycles. The molecule has 2 N–H and O–H groups in total. The quantitative estimate of drug-likeness (QED) is 0.810. The molecule has 1 unspecified atom stereocenters. The molecule has 25 heavy (non-hydrogen) atoms. The number of carbonyl (C=O) groups excluding carboxylic acids is 1. The first-order valence-electron chi connectivity index (χ1n) is 8.50. The average molecular weight is 341 g/mol. The molecule has 1 aliphatic heterocycles. The van der Waals surface area contributed by atoms with Crippen LogP contribution >= 0.6 is 0 Å². The summed E-state index contributed by atoms with van der Waals surface area (Å²) < 4.78 is 11.0. The van der Waals surface area contributed by atoms with Crippen LogP contribution in [-0.4, -0.2) is 36.8 Å². The van der Waals surface area contributed by atoms with E-state index in [1.807, 2.05) is 43.3 Å². The van der Waals surface area contributed by atoms with Crippen molar-refractivity contribution in [2.75, 3.05) is 30.4 Å². The molecule has 1 amide bonds. The third kappa shape index (κ3) is 5.46. The highest BCUT2D eigenvalue weighted by Crippen LogP contribution is 2.15. The Kier molecular flexibility index (Phi) is 5.85. The maximum atomic E-state index is 11.9. The van der Waals surface area contributed by atoms with Crippen molar-refractivity contribution in [1.82, 2.24) is 4.98 Å². The number of aryl methyl sites for hydroxylation is 1. The SMILES string of the molecule is Cc1ccc(OCC(=O)Nc2ccc(NCC3CCCO3)nc2)cc1. The molecule has 0 bridgehead atoms. The lowest BCUT2D eigenvalue weighted by molar-refractivity contribution is -0.118. The maximum absolute atomic E-state index is 11.9. The van der Waals surface area contributed by atoms with Gasteiger partial charge in [0.15, 0.2) is 6.61 Å². The standard InChI is InChI=1S/C19H23N3O3/c1-14-4-7-16(8-5-14)25-13-19(23)22-15-6-9-18(20-11-15)21-12-17-3-2-10-24-17/h4-9,11,17H,2-3,10,12-13H2,1H3,(H,20,21)(H,22,23). The lowest BCUT2D eigenvalue weighted by Gasteiger charge is -2.12. The van der Waals surface area contributed by atoms with Gasteiger partial charge in [-0.3, -0.25) is 4.79 Å². The van der Waals surface area contributed by atoms with Gasteiger partial charge in [-0.05, 0) is 44.0 Å². The molecular weight excluding hydrogens is 318 g/mol. The molecular formula is C19H23N3O3. The number of amides is 1. The number of ether oxygens (including phenoxy) is 2. The van der Waals surface area contributed by atoms with Crippen molar-refractivity contribution in [3.05, 3.63) is 48.2 Å². The smallest absolute Gasteiger partial charge is 0.262 e. The van der Waals surface area contributed by atoms with Crippen LogP contribution in [-0.2, 0) is 9.53 Å². The number of carbonyl (C=O) groups is 1. The molecule has 0 spiro atoms. The van der Waals surface area contributed by atoms with Gasteiger partial charge in [-0.1, -0.05) is 17.7 Å². The van der Waals surface area contributed by atoms with Gasteiger partial charge in [0.25, 0.3) is 5.91 Å². The van der Waals surface area contributed by atoms with Gasteiger partial charge in [0.05, 0.1) is 18.0 Å². The molecule has 0 aliphatic carbocycles. The zero-order valence-electron chi connectivity index (χ0n) is 14.3. The van der Waals surface area contributed by atoms with Crippen molar-refractivity contribution < 1.29 is 14.3 Å². The molecule has 0 saturated carbocycles. The Morgan fingerprint density at radius 2 is 2.12 bits per heavy atom. The number of pyridine rings is 1. The molecule has 6 heteroatoms. The van der Waals surface area contributed by atoms with Crippen molar-refractivity contribution >= 4 is 17.4 Å². The molecule has 1 aliphatic rings. The van der Waals surface area contributed by atoms with Crippen LogP contribution in [0.1, 0.15) is 18.4 Å². The Morgan fingerprint density at radius 1 is 1.28 bits per heavy atom. The van der Waals surface area contributed by atoms with Crippen LogP contribution in [0.5, 0.6) is 5.75 Å². The largest absolute Gasteiger partial charge is 0.484 e. The maximum Gasteiger partial charge on any atom is 0.262 e. The number of nitrogens with zero attached hydrogens (tertiary/aromatic N) is 1. The van der Waals surface area contributed by atoms with Crippen LogP contribution in [0.2, 0.25) is 0 Å². The Morgan fingerprint density at radius 3 is 2.80 bits per heavy atom. The van der Waals surface area contributed by atoms with Crippen LogP contribution in [0.25, 0.3) is 0 Å². The fraction of sp³-hybridized carbons (Fsp3) is 0.368. The van der Waals surface area contributed by atoms with Gasteiger partial charge in [0, 0.05) is 13.2 Å². The number of rotatable bonds is 7. The van der Waals surface area contributed by atoms with Crippen molar-refractivity contribution in [3.63, 3.8) is 0 Å². The summed E-state index contributed by atoms with van der Waals surface area (Å²) in [7, 11) is 0. The summed E-state index contributed by atoms with van der Waals surface area (Å²) in [5.41, 5.74) is 1.79. The topological polar surface area (TPSA) is 72.5 Å². The highest BCUT2D eigenvalue weighted by molar-refractivity contribution is 5.91. The van der Waals surface area contributed by atoms with Crippen LogP contribution < -0.4 is 15.4 Å². The molecule has 3 rings (SSSR count). The fourth-order valence-electron chi connectivity index (χ4n) is 2.58. The second kappa shape index (κ2) is 8.48. The van der Waals surface area contributed by atoms with E-state index in [4.69, 9.17) is 9.47 Å². The number of hydrogen-bond donors (Lipinski definition) is 2. The summed E-state index contributed by atoms with van der Waals surface area (Å²) >= 11 is 0. The molecule has 1 aromatic carbocycles. The first-order chi connectivity index (χ1) is 12.2. The second-order valence-electron chi connectivity index (χ2n) is 6.10. The highest BCUT2D eigenvalue weighted by Gasteiger charge is 2.14. The van der Waals surface area contributed by atoms with Crippen LogP contribution in [0.3, 0.4) is 0 Å². The van der Waals surface area contributed by atoms with Crippen molar-refractivity contribution in [2.45, 2.75) is 25.9 Å². The van der Waals surface area contributed by atoms with Crippen molar-refractivity contribution in [1.29, 1.82) is 0 Å². The summed E-state index contributed by atoms with van der Waals surface area (Å²) in [6.45, 7) is 3.56. The first kappa shape index (κ1) is 17.2. The zero-order chi connectivity index (χ0) is 17.5. The third-order valence-corrected chi connectivity index (χ3v) is 3.97. The summed E-state index contributed by atoms with van der Waals surface area (Å²) in [6.07, 6.45) is 4.10. The Labute approximate surface area is 147 Å². The number of anilines is 2. The number of benzene rings is 1. The average Bonchev–Trinajstić information content (AvgIpc) is 3.14. The summed E-state index contributed by atoms with van der Waals surface area (Å²) in [4.78, 5) is 16.2. The van der Waals surface area contributed by atoms with E-state index in [1.165, 1.54) is 0 Å². The number of nitrogens with one attached hydrogen (secondary N) is 2. The molecule has 1 fully saturated rings. The molecule has 1 saturated heterocycles. The summed E-state index contributed by atoms with van der Waals surface area (Å²) in [5.74, 6) is 1.22. The van der Waals surface area contributed by atoms with Crippen LogP contribution in [0.4, 0.5) is 11.5 Å². The summed E-state index contributed by atoms with van der Waals surface area (Å²) in [5, 5.41) is 6.01. The van der Waals surface area contributed by atoms with E-state index in [1.54, 1.807) is 6.20 Å². The zero-order valence-corrected chi connectivity index (χ0v) is 14.3. The minimum atomic E-state index is -0.220. The van der Waals surface area contributed by atoms with Gasteiger partial charge >= 0.3 is 0 Å². The lowest BCUT2D eigenvalue weighted by Crippen LogP contribution is -2.20. The highest BCUT2D eigenvalue weighted by atomic mass is 16.5. The molecule has 1 atom stereocenters. The Hall–Kier alpha value is -2.60. The predicted molar refractivity (Wildman–Crippen MR) is 97.0 cm³/mol. The van der Waals surface area contributed by atoms with Gasteiger partial charge in [-0.25, -0.2) is 4.98 Å². The van der Waals surface area contributed by atoms with E-state index in [0.717, 1.165) is 37.4 Å². The van der Waals surface area contributed by atoms with E-state index in [2.05, 4.69) is 15.6 Å². The minimum Gasteiger partial charge on any atom is -0.484 e.